The number of hydrogen-bond acceptors (Lipinski definition) is 6. The van der Waals surface area contributed by atoms with Gasteiger partial charge in [-0.15, -0.1) is 0 Å². The number of benzene rings is 2. The van der Waals surface area contributed by atoms with E-state index >= 15 is 0 Å². The van der Waals surface area contributed by atoms with Gasteiger partial charge < -0.3 is 10.1 Å². The maximum atomic E-state index is 13.0. The normalized spacial score (nSPS) is 10.9. The molecule has 0 bridgehead atoms. The van der Waals surface area contributed by atoms with E-state index in [1.807, 2.05) is 0 Å². The number of nitrogens with zero attached hydrogens (tertiary/aromatic N) is 3. The van der Waals surface area contributed by atoms with Gasteiger partial charge in [0.05, 0.1) is 5.69 Å². The summed E-state index contributed by atoms with van der Waals surface area (Å²) in [5.74, 6) is -0.164. The Morgan fingerprint density at radius 1 is 1.16 bits per heavy atom. The fourth-order valence-corrected chi connectivity index (χ4v) is 3.90. The van der Waals surface area contributed by atoms with Crippen LogP contribution in [0.2, 0.25) is 0 Å². The van der Waals surface area contributed by atoms with Gasteiger partial charge in [0.2, 0.25) is 4.96 Å². The molecule has 9 heteroatoms. The van der Waals surface area contributed by atoms with Crippen LogP contribution >= 0.6 is 11.3 Å². The molecule has 0 radical (unpaired) electrons. The molecular weight excluding hydrogens is 419 g/mol. The summed E-state index contributed by atoms with van der Waals surface area (Å²) in [5, 5.41) is 7.91. The van der Waals surface area contributed by atoms with Gasteiger partial charge in [0.15, 0.2) is 0 Å². The minimum absolute atomic E-state index is 0.133. The van der Waals surface area contributed by atoms with Crippen LogP contribution in [0.4, 0.5) is 10.1 Å². The fourth-order valence-electron chi connectivity index (χ4n) is 2.88. The van der Waals surface area contributed by atoms with Crippen LogP contribution in [0.3, 0.4) is 0 Å². The Morgan fingerprint density at radius 3 is 2.61 bits per heavy atom. The second-order valence-corrected chi connectivity index (χ2v) is 7.84. The topological polar surface area (TPSA) is 85.6 Å². The first-order valence-electron chi connectivity index (χ1n) is 9.70. The first kappa shape index (κ1) is 20.7. The van der Waals surface area contributed by atoms with E-state index in [9.17, 15) is 14.0 Å². The Kier molecular flexibility index (Phi) is 6.03. The summed E-state index contributed by atoms with van der Waals surface area (Å²) in [5.41, 5.74) is 1.22. The zero-order valence-corrected chi connectivity index (χ0v) is 17.5. The van der Waals surface area contributed by atoms with Gasteiger partial charge in [-0.3, -0.25) is 9.59 Å². The molecular formula is C22H19FN4O3S. The van der Waals surface area contributed by atoms with Crippen molar-refractivity contribution in [2.45, 2.75) is 26.4 Å². The Hall–Kier alpha value is -3.59. The number of aromatic nitrogens is 3. The molecule has 0 atom stereocenters. The van der Waals surface area contributed by atoms with E-state index < -0.39 is 5.82 Å². The van der Waals surface area contributed by atoms with Crippen LogP contribution in [0.15, 0.2) is 59.4 Å². The van der Waals surface area contributed by atoms with Gasteiger partial charge in [0, 0.05) is 23.7 Å². The molecule has 0 aliphatic carbocycles. The largest absolute Gasteiger partial charge is 0.487 e. The Bertz CT molecular complexity index is 1270. The summed E-state index contributed by atoms with van der Waals surface area (Å²) >= 11 is 1.40. The molecule has 4 aromatic rings. The molecule has 2 aromatic carbocycles. The van der Waals surface area contributed by atoms with Crippen LogP contribution in [0, 0.1) is 5.82 Å². The van der Waals surface area contributed by atoms with Crippen molar-refractivity contribution >= 4 is 27.9 Å². The predicted molar refractivity (Wildman–Crippen MR) is 116 cm³/mol. The lowest BCUT2D eigenvalue weighted by molar-refractivity contribution is 0.102. The van der Waals surface area contributed by atoms with E-state index in [-0.39, 0.29) is 18.1 Å². The van der Waals surface area contributed by atoms with Crippen LogP contribution in [0.25, 0.3) is 4.96 Å². The van der Waals surface area contributed by atoms with E-state index in [1.165, 1.54) is 46.2 Å². The van der Waals surface area contributed by atoms with Crippen LogP contribution in [0.5, 0.6) is 5.75 Å². The molecule has 0 saturated heterocycles. The SMILES string of the molecule is CCCc1nn2c(=O)cc(COc3ccc(NC(=O)c4ccc(F)cc4)cc3)nc2s1. The van der Waals surface area contributed by atoms with E-state index in [1.54, 1.807) is 24.3 Å². The molecule has 0 fully saturated rings. The highest BCUT2D eigenvalue weighted by molar-refractivity contribution is 7.16. The Morgan fingerprint density at radius 2 is 1.90 bits per heavy atom. The maximum Gasteiger partial charge on any atom is 0.275 e. The monoisotopic (exact) mass is 438 g/mol. The molecule has 0 saturated carbocycles. The van der Waals surface area contributed by atoms with Crippen molar-refractivity contribution in [1.29, 1.82) is 0 Å². The minimum atomic E-state index is -0.397. The molecule has 7 nitrogen and oxygen atoms in total. The molecule has 0 spiro atoms. The number of nitrogens with one attached hydrogen (secondary N) is 1. The molecule has 2 aromatic heterocycles. The molecule has 0 unspecified atom stereocenters. The summed E-state index contributed by atoms with van der Waals surface area (Å²) in [6.07, 6.45) is 1.76. The summed E-state index contributed by atoms with van der Waals surface area (Å²) in [4.78, 5) is 29.5. The number of fused-ring (bicyclic) bond motifs is 1. The molecule has 2 heterocycles. The number of halogens is 1. The lowest BCUT2D eigenvalue weighted by Gasteiger charge is -2.08. The van der Waals surface area contributed by atoms with Crippen molar-refractivity contribution in [3.63, 3.8) is 0 Å². The van der Waals surface area contributed by atoms with Crippen LogP contribution in [-0.4, -0.2) is 20.5 Å². The first-order valence-corrected chi connectivity index (χ1v) is 10.5. The molecule has 0 aliphatic rings. The number of carbonyl (C=O) groups excluding carboxylic acids is 1. The third kappa shape index (κ3) is 4.95. The number of ether oxygens (including phenoxy) is 1. The van der Waals surface area contributed by atoms with Gasteiger partial charge in [-0.2, -0.15) is 9.61 Å². The lowest BCUT2D eigenvalue weighted by Crippen LogP contribution is -2.16. The van der Waals surface area contributed by atoms with Gasteiger partial charge in [-0.05, 0) is 55.0 Å². The Balaban J connectivity index is 1.39. The van der Waals surface area contributed by atoms with Crippen molar-refractivity contribution in [2.24, 2.45) is 0 Å². The van der Waals surface area contributed by atoms with Crippen molar-refractivity contribution in [1.82, 2.24) is 14.6 Å². The van der Waals surface area contributed by atoms with E-state index in [2.05, 4.69) is 22.3 Å². The molecule has 158 valence electrons. The molecule has 4 rings (SSSR count). The fraction of sp³-hybridized carbons (Fsp3) is 0.182. The smallest absolute Gasteiger partial charge is 0.275 e. The highest BCUT2D eigenvalue weighted by atomic mass is 32.1. The minimum Gasteiger partial charge on any atom is -0.487 e. The molecule has 0 aliphatic heterocycles. The third-order valence-electron chi connectivity index (χ3n) is 4.41. The van der Waals surface area contributed by atoms with Crippen molar-refractivity contribution in [2.75, 3.05) is 5.32 Å². The van der Waals surface area contributed by atoms with Crippen LogP contribution < -0.4 is 15.6 Å². The number of anilines is 1. The zero-order valence-electron chi connectivity index (χ0n) is 16.7. The van der Waals surface area contributed by atoms with Crippen molar-refractivity contribution in [3.05, 3.63) is 87.0 Å². The number of hydrogen-bond donors (Lipinski definition) is 1. The zero-order chi connectivity index (χ0) is 21.8. The number of carbonyl (C=O) groups is 1. The summed E-state index contributed by atoms with van der Waals surface area (Å²) in [6.45, 7) is 2.19. The van der Waals surface area contributed by atoms with Gasteiger partial charge in [0.25, 0.3) is 11.5 Å². The second kappa shape index (κ2) is 9.05. The summed E-state index contributed by atoms with van der Waals surface area (Å²) in [7, 11) is 0. The average Bonchev–Trinajstić information content (AvgIpc) is 3.17. The average molecular weight is 438 g/mol. The quantitative estimate of drug-likeness (QED) is 0.470. The third-order valence-corrected chi connectivity index (χ3v) is 5.38. The number of amides is 1. The molecule has 31 heavy (non-hydrogen) atoms. The van der Waals surface area contributed by atoms with Gasteiger partial charge in [0.1, 0.15) is 23.2 Å². The van der Waals surface area contributed by atoms with Gasteiger partial charge >= 0.3 is 0 Å². The molecule has 1 N–H and O–H groups in total. The highest BCUT2D eigenvalue weighted by Crippen LogP contribution is 2.18. The van der Waals surface area contributed by atoms with Crippen LogP contribution in [0.1, 0.15) is 34.4 Å². The predicted octanol–water partition coefficient (Wildman–Crippen LogP) is 4.07. The number of aryl methyl sites for hydroxylation is 1. The van der Waals surface area contributed by atoms with Crippen LogP contribution in [-0.2, 0) is 13.0 Å². The van der Waals surface area contributed by atoms with E-state index in [0.717, 1.165) is 17.8 Å². The van der Waals surface area contributed by atoms with E-state index in [0.29, 0.717) is 27.7 Å². The van der Waals surface area contributed by atoms with Crippen molar-refractivity contribution < 1.29 is 13.9 Å². The van der Waals surface area contributed by atoms with Gasteiger partial charge in [-0.25, -0.2) is 9.37 Å². The maximum absolute atomic E-state index is 13.0. The lowest BCUT2D eigenvalue weighted by atomic mass is 10.2. The first-order chi connectivity index (χ1) is 15.0. The highest BCUT2D eigenvalue weighted by Gasteiger charge is 2.10. The second-order valence-electron chi connectivity index (χ2n) is 6.80. The summed E-state index contributed by atoms with van der Waals surface area (Å²) in [6, 6.07) is 13.5. The molecule has 1 amide bonds. The van der Waals surface area contributed by atoms with Gasteiger partial charge in [-0.1, -0.05) is 18.3 Å². The van der Waals surface area contributed by atoms with Crippen molar-refractivity contribution in [3.8, 4) is 5.75 Å². The summed E-state index contributed by atoms with van der Waals surface area (Å²) < 4.78 is 20.0. The Labute approximate surface area is 181 Å². The standard InChI is InChI=1S/C22H19FN4O3S/c1-2-3-19-26-27-20(28)12-17(25-22(27)31-19)13-30-18-10-8-16(9-11-18)24-21(29)14-4-6-15(23)7-5-14/h4-12H,2-3,13H2,1H3,(H,24,29). The van der Waals surface area contributed by atoms with E-state index in [4.69, 9.17) is 4.74 Å². The number of rotatable bonds is 7.